The standard InChI is InChI=1S/C28H30N4O4/c1-17-23-24(36-28(2,3)35-23)27(34-17)32-15-20(18-9-5-4-6-10-18)22-25(29-16-30-26(22)32)31-21-12-8-7-11-19(21)13-14-33/h4-12,15-17,23-24,27,33H,13-14H2,1-3H3,(H,29,30,31)/t17-,23-,24-,27-/m1/s1. The average Bonchev–Trinajstić information content (AvgIpc) is 3.51. The van der Waals surface area contributed by atoms with Gasteiger partial charge in [0.2, 0.25) is 0 Å². The summed E-state index contributed by atoms with van der Waals surface area (Å²) >= 11 is 0. The lowest BCUT2D eigenvalue weighted by molar-refractivity contribution is -0.194. The van der Waals surface area contributed by atoms with Crippen LogP contribution in [0.5, 0.6) is 0 Å². The normalized spacial score (nSPS) is 24.8. The molecule has 2 saturated heterocycles. The quantitative estimate of drug-likeness (QED) is 0.404. The number of benzene rings is 2. The summed E-state index contributed by atoms with van der Waals surface area (Å²) in [6, 6.07) is 18.1. The maximum Gasteiger partial charge on any atom is 0.164 e. The Morgan fingerprint density at radius 2 is 1.75 bits per heavy atom. The summed E-state index contributed by atoms with van der Waals surface area (Å²) in [5, 5.41) is 13.9. The highest BCUT2D eigenvalue weighted by Crippen LogP contribution is 2.45. The lowest BCUT2D eigenvalue weighted by atomic mass is 10.1. The third-order valence-electron chi connectivity index (χ3n) is 6.88. The Morgan fingerprint density at radius 1 is 1.00 bits per heavy atom. The molecule has 0 amide bonds. The predicted octanol–water partition coefficient (Wildman–Crippen LogP) is 4.81. The molecule has 2 aliphatic heterocycles. The second kappa shape index (κ2) is 8.97. The van der Waals surface area contributed by atoms with Crippen molar-refractivity contribution in [1.29, 1.82) is 0 Å². The Morgan fingerprint density at radius 3 is 2.56 bits per heavy atom. The minimum Gasteiger partial charge on any atom is -0.396 e. The third-order valence-corrected chi connectivity index (χ3v) is 6.88. The van der Waals surface area contributed by atoms with Crippen LogP contribution in [-0.4, -0.2) is 50.3 Å². The monoisotopic (exact) mass is 486 g/mol. The van der Waals surface area contributed by atoms with Crippen LogP contribution >= 0.6 is 0 Å². The van der Waals surface area contributed by atoms with Gasteiger partial charge in [-0.1, -0.05) is 48.5 Å². The van der Waals surface area contributed by atoms with Gasteiger partial charge in [-0.25, -0.2) is 9.97 Å². The molecule has 36 heavy (non-hydrogen) atoms. The van der Waals surface area contributed by atoms with Gasteiger partial charge in [0.15, 0.2) is 12.0 Å². The van der Waals surface area contributed by atoms with Crippen LogP contribution in [0.2, 0.25) is 0 Å². The van der Waals surface area contributed by atoms with Gasteiger partial charge >= 0.3 is 0 Å². The van der Waals surface area contributed by atoms with Crippen LogP contribution < -0.4 is 5.32 Å². The molecule has 4 aromatic rings. The zero-order valence-electron chi connectivity index (χ0n) is 20.6. The number of nitrogens with zero attached hydrogens (tertiary/aromatic N) is 3. The first kappa shape index (κ1) is 23.1. The molecule has 0 spiro atoms. The van der Waals surface area contributed by atoms with Crippen molar-refractivity contribution in [2.45, 2.75) is 57.5 Å². The number of hydrogen-bond donors (Lipinski definition) is 2. The van der Waals surface area contributed by atoms with Gasteiger partial charge < -0.3 is 29.2 Å². The van der Waals surface area contributed by atoms with Crippen molar-refractivity contribution in [3.63, 3.8) is 0 Å². The molecule has 186 valence electrons. The van der Waals surface area contributed by atoms with Crippen LogP contribution in [0.1, 0.15) is 32.6 Å². The molecule has 2 N–H and O–H groups in total. The first-order valence-electron chi connectivity index (χ1n) is 12.3. The lowest BCUT2D eigenvalue weighted by Gasteiger charge is -2.24. The summed E-state index contributed by atoms with van der Waals surface area (Å²) in [5.74, 6) is 0.0177. The zero-order valence-corrected chi connectivity index (χ0v) is 20.6. The predicted molar refractivity (Wildman–Crippen MR) is 137 cm³/mol. The maximum absolute atomic E-state index is 9.54. The molecule has 0 radical (unpaired) electrons. The fraction of sp³-hybridized carbons (Fsp3) is 0.357. The van der Waals surface area contributed by atoms with Crippen LogP contribution in [0.25, 0.3) is 22.2 Å². The number of hydrogen-bond acceptors (Lipinski definition) is 7. The number of ether oxygens (including phenoxy) is 3. The van der Waals surface area contributed by atoms with Crippen LogP contribution in [0, 0.1) is 0 Å². The highest BCUT2D eigenvalue weighted by Gasteiger charge is 2.54. The number of anilines is 2. The molecule has 2 fully saturated rings. The molecule has 0 unspecified atom stereocenters. The molecule has 6 rings (SSSR count). The Bertz CT molecular complexity index is 1390. The van der Waals surface area contributed by atoms with E-state index in [1.54, 1.807) is 6.33 Å². The van der Waals surface area contributed by atoms with Crippen molar-refractivity contribution < 1.29 is 19.3 Å². The number of aliphatic hydroxyl groups excluding tert-OH is 1. The van der Waals surface area contributed by atoms with Crippen LogP contribution in [-0.2, 0) is 20.6 Å². The summed E-state index contributed by atoms with van der Waals surface area (Å²) in [4.78, 5) is 9.34. The molecular weight excluding hydrogens is 456 g/mol. The van der Waals surface area contributed by atoms with E-state index in [1.807, 2.05) is 63.2 Å². The van der Waals surface area contributed by atoms with Gasteiger partial charge in [-0.2, -0.15) is 0 Å². The van der Waals surface area contributed by atoms with Gasteiger partial charge in [-0.05, 0) is 44.4 Å². The molecule has 2 aromatic heterocycles. The van der Waals surface area contributed by atoms with E-state index in [0.717, 1.165) is 33.4 Å². The van der Waals surface area contributed by atoms with Crippen molar-refractivity contribution in [3.05, 3.63) is 72.7 Å². The smallest absolute Gasteiger partial charge is 0.164 e. The van der Waals surface area contributed by atoms with E-state index in [2.05, 4.69) is 33.2 Å². The molecule has 2 aromatic carbocycles. The Hall–Kier alpha value is -3.30. The van der Waals surface area contributed by atoms with E-state index < -0.39 is 12.0 Å². The fourth-order valence-electron chi connectivity index (χ4n) is 5.32. The number of rotatable bonds is 6. The third kappa shape index (κ3) is 3.96. The fourth-order valence-corrected chi connectivity index (χ4v) is 5.32. The topological polar surface area (TPSA) is 90.7 Å². The van der Waals surface area contributed by atoms with Crippen LogP contribution in [0.4, 0.5) is 11.5 Å². The van der Waals surface area contributed by atoms with Crippen LogP contribution in [0.3, 0.4) is 0 Å². The van der Waals surface area contributed by atoms with E-state index in [1.165, 1.54) is 0 Å². The molecule has 8 nitrogen and oxygen atoms in total. The van der Waals surface area contributed by atoms with Crippen molar-refractivity contribution in [3.8, 4) is 11.1 Å². The van der Waals surface area contributed by atoms with E-state index in [4.69, 9.17) is 19.2 Å². The highest BCUT2D eigenvalue weighted by atomic mass is 16.8. The summed E-state index contributed by atoms with van der Waals surface area (Å²) in [6.45, 7) is 5.96. The van der Waals surface area contributed by atoms with Gasteiger partial charge in [0, 0.05) is 24.1 Å². The van der Waals surface area contributed by atoms with Crippen molar-refractivity contribution in [1.82, 2.24) is 14.5 Å². The van der Waals surface area contributed by atoms with Crippen molar-refractivity contribution in [2.75, 3.05) is 11.9 Å². The van der Waals surface area contributed by atoms with E-state index >= 15 is 0 Å². The van der Waals surface area contributed by atoms with E-state index in [-0.39, 0.29) is 24.9 Å². The zero-order chi connectivity index (χ0) is 24.9. The second-order valence-electron chi connectivity index (χ2n) is 9.79. The van der Waals surface area contributed by atoms with Gasteiger partial charge in [-0.15, -0.1) is 0 Å². The first-order valence-corrected chi connectivity index (χ1v) is 12.3. The van der Waals surface area contributed by atoms with Gasteiger partial charge in [-0.3, -0.25) is 0 Å². The number of nitrogens with one attached hydrogen (secondary N) is 1. The lowest BCUT2D eigenvalue weighted by Crippen LogP contribution is -2.27. The maximum atomic E-state index is 9.54. The molecule has 2 aliphatic rings. The molecule has 0 saturated carbocycles. The molecule has 0 bridgehead atoms. The molecule has 8 heteroatoms. The second-order valence-corrected chi connectivity index (χ2v) is 9.79. The first-order chi connectivity index (χ1) is 17.4. The SMILES string of the molecule is C[C@H]1O[C@@H](n2cc(-c3ccccc3)c3c(Nc4ccccc4CCO)ncnc32)[C@@H]2OC(C)(C)O[C@@H]21. The van der Waals surface area contributed by atoms with Gasteiger partial charge in [0.1, 0.15) is 30.0 Å². The summed E-state index contributed by atoms with van der Waals surface area (Å²) < 4.78 is 20.9. The molecule has 4 heterocycles. The number of para-hydroxylation sites is 1. The highest BCUT2D eigenvalue weighted by molar-refractivity contribution is 6.02. The van der Waals surface area contributed by atoms with Crippen molar-refractivity contribution in [2.24, 2.45) is 0 Å². The summed E-state index contributed by atoms with van der Waals surface area (Å²) in [7, 11) is 0. The van der Waals surface area contributed by atoms with Gasteiger partial charge in [0.05, 0.1) is 11.5 Å². The van der Waals surface area contributed by atoms with E-state index in [9.17, 15) is 5.11 Å². The van der Waals surface area contributed by atoms with Crippen LogP contribution in [0.15, 0.2) is 67.1 Å². The Labute approximate surface area is 209 Å². The van der Waals surface area contributed by atoms with E-state index in [0.29, 0.717) is 12.2 Å². The number of fused-ring (bicyclic) bond motifs is 2. The molecular formula is C28H30N4O4. The largest absolute Gasteiger partial charge is 0.396 e. The summed E-state index contributed by atoms with van der Waals surface area (Å²) in [6.07, 6.45) is 3.26. The average molecular weight is 487 g/mol. The Balaban J connectivity index is 1.50. The minimum atomic E-state index is -0.672. The minimum absolute atomic E-state index is 0.0711. The van der Waals surface area contributed by atoms with Gasteiger partial charge in [0.25, 0.3) is 0 Å². The molecule has 4 atom stereocenters. The summed E-state index contributed by atoms with van der Waals surface area (Å²) in [5.41, 5.74) is 4.71. The number of aliphatic hydroxyl groups is 1. The Kier molecular flexibility index (Phi) is 5.76. The van der Waals surface area contributed by atoms with Crippen molar-refractivity contribution >= 4 is 22.5 Å². The molecule has 0 aliphatic carbocycles. The number of aromatic nitrogens is 3.